The molecule has 6 heteroatoms. The summed E-state index contributed by atoms with van der Waals surface area (Å²) in [5.74, 6) is 0.771. The molecule has 1 aromatic heterocycles. The maximum absolute atomic E-state index is 6.02. The summed E-state index contributed by atoms with van der Waals surface area (Å²) in [6.07, 6.45) is 4.82. The van der Waals surface area contributed by atoms with Gasteiger partial charge < -0.3 is 10.6 Å². The first kappa shape index (κ1) is 19.0. The number of halogens is 1. The lowest BCUT2D eigenvalue weighted by molar-refractivity contribution is 0.685. The van der Waals surface area contributed by atoms with Crippen molar-refractivity contribution in [3.63, 3.8) is 0 Å². The fraction of sp³-hybridized carbons (Fsp3) is 0.238. The molecular formula is C21H24ClN5. The van der Waals surface area contributed by atoms with Gasteiger partial charge in [0.25, 0.3) is 0 Å². The van der Waals surface area contributed by atoms with Gasteiger partial charge in [-0.3, -0.25) is 9.67 Å². The maximum Gasteiger partial charge on any atom is 0.191 e. The van der Waals surface area contributed by atoms with Crippen LogP contribution in [-0.2, 0) is 19.5 Å². The van der Waals surface area contributed by atoms with Gasteiger partial charge in [-0.2, -0.15) is 5.10 Å². The highest BCUT2D eigenvalue weighted by atomic mass is 35.5. The highest BCUT2D eigenvalue weighted by Gasteiger charge is 2.02. The van der Waals surface area contributed by atoms with E-state index in [2.05, 4.69) is 45.1 Å². The van der Waals surface area contributed by atoms with Crippen LogP contribution in [0.1, 0.15) is 16.7 Å². The first-order valence-corrected chi connectivity index (χ1v) is 9.35. The molecule has 0 atom stereocenters. The minimum absolute atomic E-state index is 0.672. The summed E-state index contributed by atoms with van der Waals surface area (Å²) in [5, 5.41) is 11.8. The maximum atomic E-state index is 6.02. The van der Waals surface area contributed by atoms with Gasteiger partial charge in [0.2, 0.25) is 0 Å². The van der Waals surface area contributed by atoms with Crippen molar-refractivity contribution in [3.05, 3.63) is 88.7 Å². The van der Waals surface area contributed by atoms with Crippen LogP contribution in [0.4, 0.5) is 0 Å². The molecule has 0 saturated carbocycles. The van der Waals surface area contributed by atoms with E-state index in [9.17, 15) is 0 Å². The van der Waals surface area contributed by atoms with Crippen molar-refractivity contribution in [1.82, 2.24) is 20.4 Å². The largest absolute Gasteiger partial charge is 0.356 e. The molecule has 5 nitrogen and oxygen atoms in total. The number of aromatic nitrogens is 2. The lowest BCUT2D eigenvalue weighted by atomic mass is 10.1. The molecule has 3 aromatic rings. The van der Waals surface area contributed by atoms with Gasteiger partial charge in [-0.1, -0.05) is 54.1 Å². The van der Waals surface area contributed by atoms with Gasteiger partial charge in [0.05, 0.1) is 12.7 Å². The molecule has 3 rings (SSSR count). The third-order valence-electron chi connectivity index (χ3n) is 4.15. The Balaban J connectivity index is 1.44. The van der Waals surface area contributed by atoms with Crippen LogP contribution in [0.5, 0.6) is 0 Å². The predicted molar refractivity (Wildman–Crippen MR) is 111 cm³/mol. The number of nitrogens with one attached hydrogen (secondary N) is 2. The fourth-order valence-electron chi connectivity index (χ4n) is 2.78. The second kappa shape index (κ2) is 9.78. The minimum Gasteiger partial charge on any atom is -0.356 e. The van der Waals surface area contributed by atoms with Crippen molar-refractivity contribution in [1.29, 1.82) is 0 Å². The van der Waals surface area contributed by atoms with Crippen molar-refractivity contribution in [2.45, 2.75) is 19.5 Å². The van der Waals surface area contributed by atoms with Crippen LogP contribution >= 0.6 is 11.6 Å². The molecule has 1 heterocycles. The average molecular weight is 382 g/mol. The Morgan fingerprint density at radius 3 is 2.63 bits per heavy atom. The van der Waals surface area contributed by atoms with Gasteiger partial charge in [0, 0.05) is 36.9 Å². The van der Waals surface area contributed by atoms with E-state index in [0.29, 0.717) is 6.54 Å². The van der Waals surface area contributed by atoms with E-state index in [1.807, 2.05) is 47.3 Å². The molecular weight excluding hydrogens is 358 g/mol. The molecule has 0 aliphatic rings. The molecule has 0 saturated heterocycles. The molecule has 140 valence electrons. The number of guanidine groups is 1. The van der Waals surface area contributed by atoms with E-state index >= 15 is 0 Å². The third kappa shape index (κ3) is 6.15. The summed E-state index contributed by atoms with van der Waals surface area (Å²) in [7, 11) is 1.77. The smallest absolute Gasteiger partial charge is 0.191 e. The van der Waals surface area contributed by atoms with Gasteiger partial charge in [-0.15, -0.1) is 0 Å². The second-order valence-corrected chi connectivity index (χ2v) is 6.70. The van der Waals surface area contributed by atoms with Gasteiger partial charge in [-0.25, -0.2) is 0 Å². The zero-order valence-electron chi connectivity index (χ0n) is 15.4. The number of nitrogens with zero attached hydrogens (tertiary/aromatic N) is 3. The van der Waals surface area contributed by atoms with Crippen molar-refractivity contribution < 1.29 is 0 Å². The molecule has 0 bridgehead atoms. The predicted octanol–water partition coefficient (Wildman–Crippen LogP) is 3.49. The number of benzene rings is 2. The minimum atomic E-state index is 0.672. The number of hydrogen-bond acceptors (Lipinski definition) is 2. The summed E-state index contributed by atoms with van der Waals surface area (Å²) in [6.45, 7) is 2.23. The molecule has 0 spiro atoms. The van der Waals surface area contributed by atoms with E-state index in [1.165, 1.54) is 11.1 Å². The van der Waals surface area contributed by atoms with Crippen LogP contribution in [0.25, 0.3) is 0 Å². The number of rotatable bonds is 7. The van der Waals surface area contributed by atoms with Crippen LogP contribution in [0.2, 0.25) is 5.02 Å². The quantitative estimate of drug-likeness (QED) is 0.486. The first-order chi connectivity index (χ1) is 13.2. The zero-order chi connectivity index (χ0) is 18.9. The molecule has 0 fully saturated rings. The van der Waals surface area contributed by atoms with Crippen LogP contribution in [0.3, 0.4) is 0 Å². The Hall–Kier alpha value is -2.79. The number of hydrogen-bond donors (Lipinski definition) is 2. The second-order valence-electron chi connectivity index (χ2n) is 6.26. The van der Waals surface area contributed by atoms with E-state index < -0.39 is 0 Å². The Morgan fingerprint density at radius 2 is 1.85 bits per heavy atom. The van der Waals surface area contributed by atoms with Crippen molar-refractivity contribution >= 4 is 17.6 Å². The third-order valence-corrected chi connectivity index (χ3v) is 4.39. The van der Waals surface area contributed by atoms with Crippen LogP contribution in [0.15, 0.2) is 72.0 Å². The molecule has 0 amide bonds. The fourth-order valence-corrected chi connectivity index (χ4v) is 2.99. The Kier molecular flexibility index (Phi) is 6.88. The van der Waals surface area contributed by atoms with Crippen LogP contribution < -0.4 is 10.6 Å². The monoisotopic (exact) mass is 381 g/mol. The van der Waals surface area contributed by atoms with Gasteiger partial charge in [0.15, 0.2) is 5.96 Å². The number of aliphatic imine (C=N–C) groups is 1. The zero-order valence-corrected chi connectivity index (χ0v) is 16.2. The van der Waals surface area contributed by atoms with E-state index in [0.717, 1.165) is 36.1 Å². The lowest BCUT2D eigenvalue weighted by Gasteiger charge is -2.11. The summed E-state index contributed by atoms with van der Waals surface area (Å²) >= 11 is 6.02. The molecule has 0 aliphatic heterocycles. The topological polar surface area (TPSA) is 54.2 Å². The van der Waals surface area contributed by atoms with E-state index in [4.69, 9.17) is 11.6 Å². The van der Waals surface area contributed by atoms with E-state index in [-0.39, 0.29) is 0 Å². The van der Waals surface area contributed by atoms with Gasteiger partial charge in [-0.05, 0) is 29.7 Å². The molecule has 0 radical (unpaired) electrons. The summed E-state index contributed by atoms with van der Waals surface area (Å²) < 4.78 is 1.95. The van der Waals surface area contributed by atoms with Crippen LogP contribution in [-0.4, -0.2) is 29.3 Å². The van der Waals surface area contributed by atoms with Crippen molar-refractivity contribution in [3.8, 4) is 0 Å². The van der Waals surface area contributed by atoms with Crippen molar-refractivity contribution in [2.75, 3.05) is 13.6 Å². The SMILES string of the molecule is CN=C(NCCc1cccc(Cl)c1)NCc1cnn(Cc2ccccc2)c1. The van der Waals surface area contributed by atoms with Crippen molar-refractivity contribution in [2.24, 2.45) is 4.99 Å². The Bertz CT molecular complexity index is 873. The summed E-state index contributed by atoms with van der Waals surface area (Å²) in [6, 6.07) is 18.2. The highest BCUT2D eigenvalue weighted by molar-refractivity contribution is 6.30. The molecule has 2 aromatic carbocycles. The van der Waals surface area contributed by atoms with Gasteiger partial charge >= 0.3 is 0 Å². The standard InChI is InChI=1S/C21H24ClN5/c1-23-21(24-11-10-17-8-5-9-20(22)12-17)25-13-19-14-26-27(16-19)15-18-6-3-2-4-7-18/h2-9,12,14,16H,10-11,13,15H2,1H3,(H2,23,24,25). The van der Waals surface area contributed by atoms with Gasteiger partial charge in [0.1, 0.15) is 0 Å². The Morgan fingerprint density at radius 1 is 1.04 bits per heavy atom. The molecule has 27 heavy (non-hydrogen) atoms. The molecule has 0 unspecified atom stereocenters. The normalized spacial score (nSPS) is 11.4. The Labute approximate surface area is 165 Å². The highest BCUT2D eigenvalue weighted by Crippen LogP contribution is 2.10. The molecule has 2 N–H and O–H groups in total. The molecule has 0 aliphatic carbocycles. The lowest BCUT2D eigenvalue weighted by Crippen LogP contribution is -2.37. The summed E-state index contributed by atoms with van der Waals surface area (Å²) in [4.78, 5) is 4.27. The first-order valence-electron chi connectivity index (χ1n) is 8.97. The summed E-state index contributed by atoms with van der Waals surface area (Å²) in [5.41, 5.74) is 3.55. The van der Waals surface area contributed by atoms with Crippen LogP contribution in [0, 0.1) is 0 Å². The average Bonchev–Trinajstić information content (AvgIpc) is 3.12. The van der Waals surface area contributed by atoms with E-state index in [1.54, 1.807) is 7.05 Å².